The van der Waals surface area contributed by atoms with Gasteiger partial charge in [0, 0.05) is 24.7 Å². The van der Waals surface area contributed by atoms with Crippen molar-refractivity contribution in [1.29, 1.82) is 0 Å². The van der Waals surface area contributed by atoms with Gasteiger partial charge in [-0.3, -0.25) is 0 Å². The number of aromatic nitrogens is 1. The number of anilines is 1. The zero-order valence-electron chi connectivity index (χ0n) is 10.8. The third-order valence-electron chi connectivity index (χ3n) is 2.99. The van der Waals surface area contributed by atoms with Crippen LogP contribution in [0.25, 0.3) is 11.1 Å². The summed E-state index contributed by atoms with van der Waals surface area (Å²) in [4.78, 5) is 4.22. The van der Waals surface area contributed by atoms with E-state index in [1.165, 1.54) is 6.07 Å². The van der Waals surface area contributed by atoms with Crippen LogP contribution in [-0.2, 0) is 6.54 Å². The van der Waals surface area contributed by atoms with Gasteiger partial charge >= 0.3 is 0 Å². The van der Waals surface area contributed by atoms with E-state index >= 15 is 0 Å². The number of aryl methyl sites for hydroxylation is 1. The summed E-state index contributed by atoms with van der Waals surface area (Å²) in [6.07, 6.45) is 0. The molecule has 0 amide bonds. The summed E-state index contributed by atoms with van der Waals surface area (Å²) in [6, 6.07) is 8.81. The molecule has 0 saturated heterocycles. The first-order chi connectivity index (χ1) is 9.61. The van der Waals surface area contributed by atoms with Crippen molar-refractivity contribution in [3.8, 4) is 0 Å². The van der Waals surface area contributed by atoms with Gasteiger partial charge in [0.1, 0.15) is 17.2 Å². The number of fused-ring (bicyclic) bond motifs is 1. The highest BCUT2D eigenvalue weighted by atomic mass is 19.1. The molecule has 0 radical (unpaired) electrons. The fourth-order valence-electron chi connectivity index (χ4n) is 2.03. The molecule has 1 N–H and O–H groups in total. The molecule has 0 spiro atoms. The molecule has 0 atom stereocenters. The van der Waals surface area contributed by atoms with Crippen molar-refractivity contribution in [2.45, 2.75) is 13.5 Å². The van der Waals surface area contributed by atoms with Gasteiger partial charge in [-0.2, -0.15) is 0 Å². The third-order valence-corrected chi connectivity index (χ3v) is 2.99. The molecule has 0 aliphatic heterocycles. The van der Waals surface area contributed by atoms with E-state index in [0.29, 0.717) is 11.5 Å². The molecular formula is C15H12F2N2O. The third kappa shape index (κ3) is 2.47. The maximum atomic E-state index is 13.5. The first-order valence-corrected chi connectivity index (χ1v) is 6.17. The highest BCUT2D eigenvalue weighted by Gasteiger charge is 2.06. The minimum atomic E-state index is -0.453. The van der Waals surface area contributed by atoms with Crippen LogP contribution in [0, 0.1) is 18.6 Å². The molecule has 3 nitrogen and oxygen atoms in total. The summed E-state index contributed by atoms with van der Waals surface area (Å²) in [6.45, 7) is 1.97. The van der Waals surface area contributed by atoms with Crippen LogP contribution in [0.5, 0.6) is 0 Å². The van der Waals surface area contributed by atoms with Gasteiger partial charge in [-0.05, 0) is 36.4 Å². The highest BCUT2D eigenvalue weighted by molar-refractivity contribution is 5.77. The summed E-state index contributed by atoms with van der Waals surface area (Å²) >= 11 is 0. The monoisotopic (exact) mass is 274 g/mol. The molecular weight excluding hydrogens is 262 g/mol. The second kappa shape index (κ2) is 4.92. The summed E-state index contributed by atoms with van der Waals surface area (Å²) in [5.74, 6) is -0.295. The van der Waals surface area contributed by atoms with Gasteiger partial charge in [0.05, 0.1) is 0 Å². The van der Waals surface area contributed by atoms with Gasteiger partial charge < -0.3 is 9.73 Å². The fourth-order valence-corrected chi connectivity index (χ4v) is 2.03. The first-order valence-electron chi connectivity index (χ1n) is 6.17. The summed E-state index contributed by atoms with van der Waals surface area (Å²) in [5, 5.41) is 3.04. The van der Waals surface area contributed by atoms with E-state index in [2.05, 4.69) is 10.3 Å². The zero-order chi connectivity index (χ0) is 14.1. The van der Waals surface area contributed by atoms with E-state index in [9.17, 15) is 8.78 Å². The van der Waals surface area contributed by atoms with Crippen molar-refractivity contribution in [1.82, 2.24) is 4.98 Å². The first kappa shape index (κ1) is 12.6. The highest BCUT2D eigenvalue weighted by Crippen LogP contribution is 2.20. The second-order valence-corrected chi connectivity index (χ2v) is 4.50. The van der Waals surface area contributed by atoms with Gasteiger partial charge in [-0.25, -0.2) is 13.8 Å². The smallest absolute Gasteiger partial charge is 0.192 e. The maximum Gasteiger partial charge on any atom is 0.192 e. The molecule has 1 heterocycles. The largest absolute Gasteiger partial charge is 0.441 e. The van der Waals surface area contributed by atoms with Crippen LogP contribution < -0.4 is 5.32 Å². The number of oxazole rings is 1. The molecule has 3 rings (SSSR count). The topological polar surface area (TPSA) is 38.1 Å². The minimum absolute atomic E-state index is 0.200. The van der Waals surface area contributed by atoms with Crippen LogP contribution >= 0.6 is 0 Å². The number of nitrogens with zero attached hydrogens (tertiary/aromatic N) is 1. The second-order valence-electron chi connectivity index (χ2n) is 4.50. The van der Waals surface area contributed by atoms with Crippen LogP contribution in [0.3, 0.4) is 0 Å². The molecule has 0 aliphatic rings. The lowest BCUT2D eigenvalue weighted by Crippen LogP contribution is -2.02. The summed E-state index contributed by atoms with van der Waals surface area (Å²) in [7, 11) is 0. The van der Waals surface area contributed by atoms with Crippen molar-refractivity contribution in [3.05, 3.63) is 59.5 Å². The van der Waals surface area contributed by atoms with Crippen LogP contribution in [0.1, 0.15) is 11.5 Å². The van der Waals surface area contributed by atoms with Gasteiger partial charge in [0.15, 0.2) is 11.5 Å². The van der Waals surface area contributed by atoms with Gasteiger partial charge in [-0.15, -0.1) is 0 Å². The minimum Gasteiger partial charge on any atom is -0.441 e. The number of hydrogen-bond acceptors (Lipinski definition) is 3. The molecule has 20 heavy (non-hydrogen) atoms. The van der Waals surface area contributed by atoms with Crippen molar-refractivity contribution >= 4 is 16.8 Å². The molecule has 0 saturated carbocycles. The lowest BCUT2D eigenvalue weighted by atomic mass is 10.2. The molecule has 0 bridgehead atoms. The fraction of sp³-hybridized carbons (Fsp3) is 0.133. The van der Waals surface area contributed by atoms with Gasteiger partial charge in [0.2, 0.25) is 0 Å². The SMILES string of the molecule is Cc1nc2cc(NCc3cc(F)ccc3F)ccc2o1. The number of halogens is 2. The molecule has 0 aliphatic carbocycles. The van der Waals surface area contributed by atoms with Gasteiger partial charge in [-0.1, -0.05) is 0 Å². The Labute approximate surface area is 114 Å². The Morgan fingerprint density at radius 3 is 2.85 bits per heavy atom. The maximum absolute atomic E-state index is 13.5. The molecule has 1 aromatic heterocycles. The quantitative estimate of drug-likeness (QED) is 0.783. The Balaban J connectivity index is 1.80. The Hall–Kier alpha value is -2.43. The van der Waals surface area contributed by atoms with E-state index in [0.717, 1.165) is 23.3 Å². The average molecular weight is 274 g/mol. The predicted molar refractivity (Wildman–Crippen MR) is 72.4 cm³/mol. The van der Waals surface area contributed by atoms with Crippen LogP contribution in [0.2, 0.25) is 0 Å². The van der Waals surface area contributed by atoms with E-state index in [1.54, 1.807) is 13.0 Å². The van der Waals surface area contributed by atoms with Crippen LogP contribution in [-0.4, -0.2) is 4.98 Å². The Morgan fingerprint density at radius 1 is 1.15 bits per heavy atom. The molecule has 0 unspecified atom stereocenters. The Morgan fingerprint density at radius 2 is 2.00 bits per heavy atom. The van der Waals surface area contributed by atoms with E-state index in [1.807, 2.05) is 12.1 Å². The average Bonchev–Trinajstić information content (AvgIpc) is 2.79. The van der Waals surface area contributed by atoms with Gasteiger partial charge in [0.25, 0.3) is 0 Å². The normalized spacial score (nSPS) is 10.9. The van der Waals surface area contributed by atoms with Crippen LogP contribution in [0.4, 0.5) is 14.5 Å². The lowest BCUT2D eigenvalue weighted by molar-refractivity contribution is 0.561. The number of hydrogen-bond donors (Lipinski definition) is 1. The molecule has 3 aromatic rings. The van der Waals surface area contributed by atoms with Crippen molar-refractivity contribution in [2.24, 2.45) is 0 Å². The predicted octanol–water partition coefficient (Wildman–Crippen LogP) is 4.03. The van der Waals surface area contributed by atoms with E-state index in [-0.39, 0.29) is 12.1 Å². The Bertz CT molecular complexity index is 768. The summed E-state index contributed by atoms with van der Waals surface area (Å²) in [5.41, 5.74) is 2.48. The van der Waals surface area contributed by atoms with Crippen molar-refractivity contribution in [2.75, 3.05) is 5.32 Å². The number of benzene rings is 2. The molecule has 0 fully saturated rings. The lowest BCUT2D eigenvalue weighted by Gasteiger charge is -2.07. The number of rotatable bonds is 3. The number of nitrogens with one attached hydrogen (secondary N) is 1. The van der Waals surface area contributed by atoms with Crippen LogP contribution in [0.15, 0.2) is 40.8 Å². The van der Waals surface area contributed by atoms with Crippen molar-refractivity contribution in [3.63, 3.8) is 0 Å². The molecule has 2 aromatic carbocycles. The Kier molecular flexibility index (Phi) is 3.10. The standard InChI is InChI=1S/C15H12F2N2O/c1-9-19-14-7-12(3-5-15(14)20-9)18-8-10-6-11(16)2-4-13(10)17/h2-7,18H,8H2,1H3. The zero-order valence-corrected chi connectivity index (χ0v) is 10.8. The van der Waals surface area contributed by atoms with E-state index < -0.39 is 11.6 Å². The summed E-state index contributed by atoms with van der Waals surface area (Å²) < 4.78 is 31.9. The molecule has 5 heteroatoms. The molecule has 102 valence electrons. The van der Waals surface area contributed by atoms with Crippen molar-refractivity contribution < 1.29 is 13.2 Å². The van der Waals surface area contributed by atoms with E-state index in [4.69, 9.17) is 4.42 Å².